The fourth-order valence-electron chi connectivity index (χ4n) is 2.54. The molecule has 2 atom stereocenters. The van der Waals surface area contributed by atoms with Gasteiger partial charge >= 0.3 is 0 Å². The number of hydrogen-bond donors (Lipinski definition) is 1. The highest BCUT2D eigenvalue weighted by Gasteiger charge is 2.30. The summed E-state index contributed by atoms with van der Waals surface area (Å²) < 4.78 is 5.42. The van der Waals surface area contributed by atoms with Gasteiger partial charge in [-0.2, -0.15) is 0 Å². The van der Waals surface area contributed by atoms with E-state index < -0.39 is 0 Å². The monoisotopic (exact) mass is 198 g/mol. The molecular weight excluding hydrogens is 176 g/mol. The van der Waals surface area contributed by atoms with Crippen molar-refractivity contribution in [3.63, 3.8) is 0 Å². The molecule has 0 saturated carbocycles. The Morgan fingerprint density at radius 1 is 1.36 bits per heavy atom. The molecule has 0 radical (unpaired) electrons. The van der Waals surface area contributed by atoms with Crippen LogP contribution < -0.4 is 5.32 Å². The lowest BCUT2D eigenvalue weighted by molar-refractivity contribution is 0.157. The maximum atomic E-state index is 5.42. The van der Waals surface area contributed by atoms with Gasteiger partial charge in [-0.25, -0.2) is 0 Å². The molecule has 0 aromatic heterocycles. The highest BCUT2D eigenvalue weighted by Crippen LogP contribution is 2.18. The van der Waals surface area contributed by atoms with Crippen LogP contribution in [0.15, 0.2) is 0 Å². The first-order chi connectivity index (χ1) is 6.75. The number of rotatable bonds is 3. The number of nitrogens with zero attached hydrogens (tertiary/aromatic N) is 1. The first kappa shape index (κ1) is 10.4. The minimum atomic E-state index is 0.611. The average Bonchev–Trinajstić information content (AvgIpc) is 2.69. The van der Waals surface area contributed by atoms with Gasteiger partial charge in [-0.15, -0.1) is 0 Å². The predicted molar refractivity (Wildman–Crippen MR) is 57.5 cm³/mol. The Labute approximate surface area is 86.8 Å². The van der Waals surface area contributed by atoms with E-state index in [1.165, 1.54) is 25.9 Å². The summed E-state index contributed by atoms with van der Waals surface area (Å²) in [4.78, 5) is 2.59. The van der Waals surface area contributed by atoms with E-state index in [4.69, 9.17) is 4.74 Å². The Hall–Kier alpha value is -0.120. The molecule has 2 aliphatic rings. The molecule has 0 spiro atoms. The van der Waals surface area contributed by atoms with E-state index >= 15 is 0 Å². The Morgan fingerprint density at radius 2 is 2.21 bits per heavy atom. The van der Waals surface area contributed by atoms with Crippen LogP contribution in [0, 0.1) is 0 Å². The quantitative estimate of drug-likeness (QED) is 0.727. The maximum absolute atomic E-state index is 5.42. The second-order valence-electron chi connectivity index (χ2n) is 4.82. The highest BCUT2D eigenvalue weighted by molar-refractivity contribution is 4.87. The summed E-state index contributed by atoms with van der Waals surface area (Å²) in [5, 5.41) is 3.61. The zero-order chi connectivity index (χ0) is 9.97. The van der Waals surface area contributed by atoms with E-state index in [0.717, 1.165) is 13.2 Å². The number of ether oxygens (including phenoxy) is 1. The smallest absolute Gasteiger partial charge is 0.0622 e. The SMILES string of the molecule is CC(C)NC1CCN(C2CCOC2)C1. The lowest BCUT2D eigenvalue weighted by Crippen LogP contribution is -2.40. The van der Waals surface area contributed by atoms with Gasteiger partial charge in [0, 0.05) is 37.8 Å². The molecule has 2 rings (SSSR count). The van der Waals surface area contributed by atoms with Crippen LogP contribution in [-0.2, 0) is 4.74 Å². The van der Waals surface area contributed by atoms with E-state index in [9.17, 15) is 0 Å². The average molecular weight is 198 g/mol. The van der Waals surface area contributed by atoms with Gasteiger partial charge in [-0.3, -0.25) is 4.90 Å². The zero-order valence-electron chi connectivity index (χ0n) is 9.33. The van der Waals surface area contributed by atoms with Crippen LogP contribution in [0.1, 0.15) is 26.7 Å². The third kappa shape index (κ3) is 2.47. The largest absolute Gasteiger partial charge is 0.380 e. The molecule has 1 N–H and O–H groups in total. The molecule has 0 aromatic carbocycles. The number of hydrogen-bond acceptors (Lipinski definition) is 3. The van der Waals surface area contributed by atoms with Gasteiger partial charge in [0.2, 0.25) is 0 Å². The Morgan fingerprint density at radius 3 is 2.86 bits per heavy atom. The van der Waals surface area contributed by atoms with Crippen LogP contribution in [0.3, 0.4) is 0 Å². The fraction of sp³-hybridized carbons (Fsp3) is 1.00. The van der Waals surface area contributed by atoms with Gasteiger partial charge in [0.05, 0.1) is 6.61 Å². The Bertz CT molecular complexity index is 178. The molecule has 2 heterocycles. The molecule has 2 saturated heterocycles. The zero-order valence-corrected chi connectivity index (χ0v) is 9.33. The molecule has 14 heavy (non-hydrogen) atoms. The van der Waals surface area contributed by atoms with E-state index in [0.29, 0.717) is 18.1 Å². The van der Waals surface area contributed by atoms with E-state index in [-0.39, 0.29) is 0 Å². The van der Waals surface area contributed by atoms with Crippen LogP contribution in [0.2, 0.25) is 0 Å². The molecule has 3 heteroatoms. The van der Waals surface area contributed by atoms with E-state index in [1.54, 1.807) is 0 Å². The van der Waals surface area contributed by atoms with Gasteiger partial charge in [0.15, 0.2) is 0 Å². The van der Waals surface area contributed by atoms with Crippen molar-refractivity contribution in [3.8, 4) is 0 Å². The van der Waals surface area contributed by atoms with Crippen LogP contribution in [0.5, 0.6) is 0 Å². The van der Waals surface area contributed by atoms with Gasteiger partial charge in [-0.05, 0) is 12.8 Å². The van der Waals surface area contributed by atoms with Crippen molar-refractivity contribution < 1.29 is 4.74 Å². The first-order valence-corrected chi connectivity index (χ1v) is 5.83. The topological polar surface area (TPSA) is 24.5 Å². The van der Waals surface area contributed by atoms with Gasteiger partial charge in [0.25, 0.3) is 0 Å². The Balaban J connectivity index is 1.76. The fourth-order valence-corrected chi connectivity index (χ4v) is 2.54. The second-order valence-corrected chi connectivity index (χ2v) is 4.82. The standard InChI is InChI=1S/C11H22N2O/c1-9(2)12-10-3-5-13(7-10)11-4-6-14-8-11/h9-12H,3-8H2,1-2H3. The summed E-state index contributed by atoms with van der Waals surface area (Å²) in [5.41, 5.74) is 0. The van der Waals surface area contributed by atoms with Crippen molar-refractivity contribution in [2.24, 2.45) is 0 Å². The third-order valence-electron chi connectivity index (χ3n) is 3.21. The van der Waals surface area contributed by atoms with Crippen molar-refractivity contribution in [2.45, 2.75) is 44.8 Å². The van der Waals surface area contributed by atoms with Crippen LogP contribution in [-0.4, -0.2) is 49.3 Å². The molecule has 82 valence electrons. The predicted octanol–water partition coefficient (Wildman–Crippen LogP) is 0.848. The summed E-state index contributed by atoms with van der Waals surface area (Å²) in [6, 6.07) is 2.02. The van der Waals surface area contributed by atoms with Crippen LogP contribution in [0.4, 0.5) is 0 Å². The third-order valence-corrected chi connectivity index (χ3v) is 3.21. The minimum absolute atomic E-state index is 0.611. The van der Waals surface area contributed by atoms with Gasteiger partial charge in [-0.1, -0.05) is 13.8 Å². The van der Waals surface area contributed by atoms with E-state index in [2.05, 4.69) is 24.1 Å². The Kier molecular flexibility index (Phi) is 3.42. The van der Waals surface area contributed by atoms with E-state index in [1.807, 2.05) is 0 Å². The van der Waals surface area contributed by atoms with Crippen molar-refractivity contribution in [1.29, 1.82) is 0 Å². The lowest BCUT2D eigenvalue weighted by atomic mass is 10.2. The maximum Gasteiger partial charge on any atom is 0.0622 e. The summed E-state index contributed by atoms with van der Waals surface area (Å²) in [7, 11) is 0. The molecule has 0 bridgehead atoms. The molecule has 2 aliphatic heterocycles. The molecule has 2 fully saturated rings. The molecule has 0 aromatic rings. The second kappa shape index (κ2) is 4.60. The normalized spacial score (nSPS) is 34.5. The summed E-state index contributed by atoms with van der Waals surface area (Å²) in [6.07, 6.45) is 2.53. The summed E-state index contributed by atoms with van der Waals surface area (Å²) in [6.45, 7) is 8.82. The highest BCUT2D eigenvalue weighted by atomic mass is 16.5. The van der Waals surface area contributed by atoms with Crippen molar-refractivity contribution >= 4 is 0 Å². The molecule has 0 aliphatic carbocycles. The van der Waals surface area contributed by atoms with Crippen molar-refractivity contribution in [2.75, 3.05) is 26.3 Å². The number of nitrogens with one attached hydrogen (secondary N) is 1. The molecule has 2 unspecified atom stereocenters. The minimum Gasteiger partial charge on any atom is -0.380 e. The molecule has 0 amide bonds. The van der Waals surface area contributed by atoms with Crippen molar-refractivity contribution in [3.05, 3.63) is 0 Å². The van der Waals surface area contributed by atoms with Gasteiger partial charge in [0.1, 0.15) is 0 Å². The van der Waals surface area contributed by atoms with Crippen LogP contribution >= 0.6 is 0 Å². The van der Waals surface area contributed by atoms with Crippen LogP contribution in [0.25, 0.3) is 0 Å². The number of likely N-dealkylation sites (tertiary alicyclic amines) is 1. The molecular formula is C11H22N2O. The summed E-state index contributed by atoms with van der Waals surface area (Å²) >= 11 is 0. The first-order valence-electron chi connectivity index (χ1n) is 5.83. The summed E-state index contributed by atoms with van der Waals surface area (Å²) in [5.74, 6) is 0. The van der Waals surface area contributed by atoms with Crippen molar-refractivity contribution in [1.82, 2.24) is 10.2 Å². The lowest BCUT2D eigenvalue weighted by Gasteiger charge is -2.23. The molecule has 3 nitrogen and oxygen atoms in total. The van der Waals surface area contributed by atoms with Gasteiger partial charge < -0.3 is 10.1 Å².